The zero-order valence-corrected chi connectivity index (χ0v) is 23.6. The predicted octanol–water partition coefficient (Wildman–Crippen LogP) is 6.46. The number of halogens is 3. The number of carbonyl (C=O) groups is 1. The van der Waals surface area contributed by atoms with Gasteiger partial charge in [0.15, 0.2) is 17.9 Å². The third kappa shape index (κ3) is 6.23. The number of hydrogen-bond donors (Lipinski definition) is 1. The summed E-state index contributed by atoms with van der Waals surface area (Å²) in [7, 11) is 0. The van der Waals surface area contributed by atoms with E-state index >= 15 is 0 Å². The molecule has 222 valence electrons. The van der Waals surface area contributed by atoms with E-state index in [-0.39, 0.29) is 23.0 Å². The van der Waals surface area contributed by atoms with Crippen LogP contribution in [0.4, 0.5) is 24.7 Å². The largest absolute Gasteiger partial charge is 0.451 e. The number of aldehydes is 1. The summed E-state index contributed by atoms with van der Waals surface area (Å²) in [4.78, 5) is 24.8. The van der Waals surface area contributed by atoms with Crippen LogP contribution in [0.1, 0.15) is 55.3 Å². The second-order valence-electron chi connectivity index (χ2n) is 12.0. The fraction of sp³-hybridized carbons (Fsp3) is 0.469. The number of aromatic nitrogens is 2. The molecule has 6 rings (SSSR count). The van der Waals surface area contributed by atoms with Crippen molar-refractivity contribution < 1.29 is 22.7 Å². The third-order valence-corrected chi connectivity index (χ3v) is 9.35. The fourth-order valence-electron chi connectivity index (χ4n) is 6.91. The fourth-order valence-corrected chi connectivity index (χ4v) is 6.91. The van der Waals surface area contributed by atoms with Gasteiger partial charge >= 0.3 is 0 Å². The van der Waals surface area contributed by atoms with Crippen molar-refractivity contribution in [2.45, 2.75) is 51.0 Å². The van der Waals surface area contributed by atoms with Crippen molar-refractivity contribution in [1.29, 1.82) is 0 Å². The van der Waals surface area contributed by atoms with Gasteiger partial charge in [0, 0.05) is 25.7 Å². The highest BCUT2D eigenvalue weighted by atomic mass is 19.1. The van der Waals surface area contributed by atoms with E-state index in [9.17, 15) is 18.0 Å². The summed E-state index contributed by atoms with van der Waals surface area (Å²) in [5.41, 5.74) is 0.467. The Bertz CT molecular complexity index is 1380. The molecule has 2 saturated heterocycles. The van der Waals surface area contributed by atoms with Crippen LogP contribution in [-0.4, -0.2) is 59.9 Å². The van der Waals surface area contributed by atoms with E-state index in [4.69, 9.17) is 4.74 Å². The van der Waals surface area contributed by atoms with Crippen molar-refractivity contribution in [3.05, 3.63) is 71.9 Å². The van der Waals surface area contributed by atoms with Crippen LogP contribution in [0.3, 0.4) is 0 Å². The predicted molar refractivity (Wildman–Crippen MR) is 155 cm³/mol. The number of benzene rings is 2. The lowest BCUT2D eigenvalue weighted by molar-refractivity contribution is 0.0583. The Hall–Kier alpha value is -3.66. The van der Waals surface area contributed by atoms with Gasteiger partial charge in [0.05, 0.1) is 11.8 Å². The number of nitrogens with zero attached hydrogens (tertiary/aromatic N) is 4. The van der Waals surface area contributed by atoms with E-state index in [1.54, 1.807) is 6.20 Å². The van der Waals surface area contributed by atoms with Crippen molar-refractivity contribution in [2.24, 2.45) is 11.3 Å². The summed E-state index contributed by atoms with van der Waals surface area (Å²) >= 11 is 0. The van der Waals surface area contributed by atoms with Crippen LogP contribution in [0, 0.1) is 28.8 Å². The van der Waals surface area contributed by atoms with E-state index in [0.29, 0.717) is 29.2 Å². The lowest BCUT2D eigenvalue weighted by atomic mass is 9.67. The number of carbonyl (C=O) groups excluding carboxylic acids is 1. The number of ether oxygens (including phenoxy) is 1. The minimum absolute atomic E-state index is 0.000644. The number of anilines is 2. The van der Waals surface area contributed by atoms with Gasteiger partial charge in [0.1, 0.15) is 35.2 Å². The van der Waals surface area contributed by atoms with Gasteiger partial charge in [-0.2, -0.15) is 0 Å². The molecular weight excluding hydrogens is 543 g/mol. The Labute approximate surface area is 244 Å². The summed E-state index contributed by atoms with van der Waals surface area (Å²) in [5.74, 6) is 0.317. The first-order chi connectivity index (χ1) is 20.4. The molecule has 1 unspecified atom stereocenters. The van der Waals surface area contributed by atoms with Gasteiger partial charge in [0.25, 0.3) is 0 Å². The molecule has 10 heteroatoms. The van der Waals surface area contributed by atoms with Crippen molar-refractivity contribution in [1.82, 2.24) is 14.9 Å². The van der Waals surface area contributed by atoms with Crippen LogP contribution in [0.2, 0.25) is 0 Å². The Kier molecular flexibility index (Phi) is 8.33. The molecule has 2 aromatic carbocycles. The van der Waals surface area contributed by atoms with Gasteiger partial charge in [0.2, 0.25) is 0 Å². The van der Waals surface area contributed by atoms with Crippen LogP contribution in [0.5, 0.6) is 11.5 Å². The lowest BCUT2D eigenvalue weighted by Crippen LogP contribution is -2.45. The first-order valence-electron chi connectivity index (χ1n) is 14.8. The molecule has 1 aliphatic carbocycles. The molecule has 1 aromatic heterocycles. The molecule has 3 heterocycles. The summed E-state index contributed by atoms with van der Waals surface area (Å²) in [5, 5.41) is 3.13. The highest BCUT2D eigenvalue weighted by molar-refractivity contribution is 5.79. The van der Waals surface area contributed by atoms with Gasteiger partial charge in [-0.1, -0.05) is 6.07 Å². The Morgan fingerprint density at radius 1 is 0.976 bits per heavy atom. The highest BCUT2D eigenvalue weighted by Crippen LogP contribution is 2.45. The van der Waals surface area contributed by atoms with Crippen LogP contribution in [-0.2, 0) is 0 Å². The van der Waals surface area contributed by atoms with E-state index in [1.165, 1.54) is 36.7 Å². The number of likely N-dealkylation sites (tertiary alicyclic amines) is 1. The summed E-state index contributed by atoms with van der Waals surface area (Å²) in [6.45, 7) is 4.85. The van der Waals surface area contributed by atoms with Crippen molar-refractivity contribution in [3.8, 4) is 11.5 Å². The first-order valence-corrected chi connectivity index (χ1v) is 14.8. The number of rotatable bonds is 8. The summed E-state index contributed by atoms with van der Waals surface area (Å²) in [6.07, 6.45) is 11.0. The van der Waals surface area contributed by atoms with Gasteiger partial charge < -0.3 is 19.9 Å². The molecule has 3 fully saturated rings. The second kappa shape index (κ2) is 12.3. The minimum Gasteiger partial charge on any atom is -0.451 e. The minimum atomic E-state index is -0.530. The molecule has 42 heavy (non-hydrogen) atoms. The number of hydrogen-bond acceptors (Lipinski definition) is 7. The van der Waals surface area contributed by atoms with Crippen molar-refractivity contribution in [2.75, 3.05) is 42.9 Å². The first kappa shape index (κ1) is 28.5. The molecule has 1 spiro atoms. The Morgan fingerprint density at radius 3 is 2.48 bits per heavy atom. The molecule has 0 radical (unpaired) electrons. The summed E-state index contributed by atoms with van der Waals surface area (Å²) < 4.78 is 47.7. The topological polar surface area (TPSA) is 70.6 Å². The maximum Gasteiger partial charge on any atom is 0.188 e. The Morgan fingerprint density at radius 2 is 1.74 bits per heavy atom. The molecule has 7 nitrogen and oxygen atoms in total. The third-order valence-electron chi connectivity index (χ3n) is 9.35. The maximum atomic E-state index is 14.1. The van der Waals surface area contributed by atoms with Crippen LogP contribution in [0.15, 0.2) is 48.9 Å². The standard InChI is InChI=1S/C32H36F3N5O2/c33-24-4-5-28(23(16-24)20-41)42-29-17-36-21-37-31(29)40-13-8-22(19-40)18-39-14-11-32(12-15-39)9-6-25(7-10-32)38-30-26(34)2-1-3-27(30)35/h1-5,16-17,20-22,25,38H,6-15,18-19H2. The normalized spacial score (nSPS) is 21.0. The van der Waals surface area contributed by atoms with E-state index < -0.39 is 17.5 Å². The molecule has 0 amide bonds. The average molecular weight is 580 g/mol. The molecule has 3 aromatic rings. The molecule has 2 aliphatic heterocycles. The molecule has 1 N–H and O–H groups in total. The van der Waals surface area contributed by atoms with Gasteiger partial charge in [-0.15, -0.1) is 0 Å². The zero-order valence-electron chi connectivity index (χ0n) is 23.6. The molecule has 1 atom stereocenters. The number of piperidine rings is 1. The van der Waals surface area contributed by atoms with Crippen LogP contribution < -0.4 is 15.0 Å². The van der Waals surface area contributed by atoms with Gasteiger partial charge in [-0.05, 0) is 99.7 Å². The smallest absolute Gasteiger partial charge is 0.188 e. The van der Waals surface area contributed by atoms with Crippen molar-refractivity contribution in [3.63, 3.8) is 0 Å². The molecular formula is C32H36F3N5O2. The van der Waals surface area contributed by atoms with E-state index in [2.05, 4.69) is 25.1 Å². The van der Waals surface area contributed by atoms with Crippen molar-refractivity contribution >= 4 is 17.8 Å². The van der Waals surface area contributed by atoms with Crippen LogP contribution in [0.25, 0.3) is 0 Å². The average Bonchev–Trinajstić information content (AvgIpc) is 3.47. The monoisotopic (exact) mass is 579 g/mol. The second-order valence-corrected chi connectivity index (χ2v) is 12.0. The SMILES string of the molecule is O=Cc1cc(F)ccc1Oc1cncnc1N1CCC(CN2CCC3(CCC(Nc4c(F)cccc4F)CC3)CC2)C1. The number of para-hydroxylation sites is 1. The summed E-state index contributed by atoms with van der Waals surface area (Å²) in [6, 6.07) is 7.95. The van der Waals surface area contributed by atoms with Gasteiger partial charge in [-0.3, -0.25) is 4.79 Å². The number of nitrogens with one attached hydrogen (secondary N) is 1. The van der Waals surface area contributed by atoms with Crippen LogP contribution >= 0.6 is 0 Å². The highest BCUT2D eigenvalue weighted by Gasteiger charge is 2.39. The maximum absolute atomic E-state index is 14.1. The van der Waals surface area contributed by atoms with Gasteiger partial charge in [-0.25, -0.2) is 23.1 Å². The zero-order chi connectivity index (χ0) is 29.1. The lowest BCUT2D eigenvalue weighted by Gasteiger charge is -2.46. The molecule has 3 aliphatic rings. The molecule has 1 saturated carbocycles. The quantitative estimate of drug-likeness (QED) is 0.307. The van der Waals surface area contributed by atoms with E-state index in [0.717, 1.165) is 83.7 Å². The van der Waals surface area contributed by atoms with E-state index in [1.807, 2.05) is 0 Å². The Balaban J connectivity index is 0.995. The molecule has 0 bridgehead atoms.